The number of nitrogens with one attached hydrogen (secondary N) is 2. The third-order valence-corrected chi connectivity index (χ3v) is 3.83. The standard InChI is InChI=1S/C18H15N7O2/c26-18(22-20-10-13-9-19-17-4-2-1-3-16(13)17)11-27-15-7-5-14(6-8-15)25-12-21-23-24-25/h1-10,12,19H,11H2,(H,22,26). The Morgan fingerprint density at radius 1 is 1.22 bits per heavy atom. The van der Waals surface area contributed by atoms with Gasteiger partial charge in [-0.25, -0.2) is 10.1 Å². The van der Waals surface area contributed by atoms with Gasteiger partial charge in [-0.05, 0) is 40.8 Å². The molecule has 9 heteroatoms. The molecule has 0 aliphatic rings. The van der Waals surface area contributed by atoms with E-state index in [2.05, 4.69) is 31.0 Å². The van der Waals surface area contributed by atoms with Crippen LogP contribution in [-0.2, 0) is 4.79 Å². The number of tetrazole rings is 1. The van der Waals surface area contributed by atoms with Gasteiger partial charge in [0.2, 0.25) is 0 Å². The van der Waals surface area contributed by atoms with E-state index in [0.29, 0.717) is 5.75 Å². The Kier molecular flexibility index (Phi) is 4.56. The second kappa shape index (κ2) is 7.48. The number of hydrogen-bond donors (Lipinski definition) is 2. The van der Waals surface area contributed by atoms with Crippen molar-refractivity contribution in [3.63, 3.8) is 0 Å². The molecule has 2 heterocycles. The van der Waals surface area contributed by atoms with Crippen molar-refractivity contribution in [2.75, 3.05) is 6.61 Å². The predicted octanol–water partition coefficient (Wildman–Crippen LogP) is 1.67. The zero-order valence-electron chi connectivity index (χ0n) is 14.1. The third kappa shape index (κ3) is 3.82. The number of fused-ring (bicyclic) bond motifs is 1. The van der Waals surface area contributed by atoms with Crippen molar-refractivity contribution < 1.29 is 9.53 Å². The molecule has 1 amide bonds. The number of rotatable bonds is 6. The molecule has 0 fully saturated rings. The lowest BCUT2D eigenvalue weighted by molar-refractivity contribution is -0.123. The molecule has 2 aromatic carbocycles. The summed E-state index contributed by atoms with van der Waals surface area (Å²) in [6.45, 7) is -0.143. The Morgan fingerprint density at radius 2 is 2.07 bits per heavy atom. The first-order valence-electron chi connectivity index (χ1n) is 8.14. The summed E-state index contributed by atoms with van der Waals surface area (Å²) in [5, 5.41) is 16.0. The minimum Gasteiger partial charge on any atom is -0.484 e. The van der Waals surface area contributed by atoms with Crippen molar-refractivity contribution in [2.24, 2.45) is 5.10 Å². The van der Waals surface area contributed by atoms with Gasteiger partial charge in [0.15, 0.2) is 6.61 Å². The topological polar surface area (TPSA) is 110 Å². The highest BCUT2D eigenvalue weighted by Crippen LogP contribution is 2.16. The van der Waals surface area contributed by atoms with Crippen LogP contribution in [0, 0.1) is 0 Å². The smallest absolute Gasteiger partial charge is 0.277 e. The quantitative estimate of drug-likeness (QED) is 0.401. The number of hydrazone groups is 1. The first-order chi connectivity index (χ1) is 13.3. The molecule has 0 saturated heterocycles. The number of para-hydroxylation sites is 1. The first kappa shape index (κ1) is 16.5. The predicted molar refractivity (Wildman–Crippen MR) is 98.7 cm³/mol. The summed E-state index contributed by atoms with van der Waals surface area (Å²) < 4.78 is 6.97. The van der Waals surface area contributed by atoms with Crippen molar-refractivity contribution >= 4 is 23.0 Å². The number of aromatic amines is 1. The molecule has 0 atom stereocenters. The van der Waals surface area contributed by atoms with E-state index in [4.69, 9.17) is 4.74 Å². The second-order valence-electron chi connectivity index (χ2n) is 5.62. The average Bonchev–Trinajstić information content (AvgIpc) is 3.37. The molecule has 9 nitrogen and oxygen atoms in total. The molecule has 0 aliphatic carbocycles. The summed E-state index contributed by atoms with van der Waals surface area (Å²) in [4.78, 5) is 15.0. The summed E-state index contributed by atoms with van der Waals surface area (Å²) in [5.41, 5.74) is 5.15. The van der Waals surface area contributed by atoms with Crippen LogP contribution in [0.2, 0.25) is 0 Å². The lowest BCUT2D eigenvalue weighted by atomic mass is 10.2. The number of aromatic nitrogens is 5. The molecule has 27 heavy (non-hydrogen) atoms. The number of hydrogen-bond acceptors (Lipinski definition) is 6. The Bertz CT molecular complexity index is 1070. The van der Waals surface area contributed by atoms with Gasteiger partial charge in [0.1, 0.15) is 12.1 Å². The fourth-order valence-electron chi connectivity index (χ4n) is 2.53. The SMILES string of the molecule is O=C(COc1ccc(-n2cnnn2)cc1)NN=Cc1c[nH]c2ccccc12. The van der Waals surface area contributed by atoms with E-state index in [0.717, 1.165) is 22.2 Å². The van der Waals surface area contributed by atoms with Gasteiger partial charge in [-0.2, -0.15) is 5.10 Å². The molecule has 2 N–H and O–H groups in total. The van der Waals surface area contributed by atoms with E-state index in [1.165, 1.54) is 11.0 Å². The Hall–Kier alpha value is -4.01. The van der Waals surface area contributed by atoms with E-state index < -0.39 is 0 Å². The number of nitrogens with zero attached hydrogens (tertiary/aromatic N) is 5. The lowest BCUT2D eigenvalue weighted by Crippen LogP contribution is -2.24. The number of carbonyl (C=O) groups excluding carboxylic acids is 1. The molecule has 134 valence electrons. The largest absolute Gasteiger partial charge is 0.484 e. The van der Waals surface area contributed by atoms with Crippen molar-refractivity contribution in [2.45, 2.75) is 0 Å². The summed E-state index contributed by atoms with van der Waals surface area (Å²) >= 11 is 0. The molecule has 0 radical (unpaired) electrons. The molecule has 4 rings (SSSR count). The maximum Gasteiger partial charge on any atom is 0.277 e. The van der Waals surface area contributed by atoms with Gasteiger partial charge < -0.3 is 9.72 Å². The minimum absolute atomic E-state index is 0.143. The van der Waals surface area contributed by atoms with Gasteiger partial charge in [-0.1, -0.05) is 18.2 Å². The van der Waals surface area contributed by atoms with Crippen molar-refractivity contribution in [1.29, 1.82) is 0 Å². The highest BCUT2D eigenvalue weighted by Gasteiger charge is 2.04. The van der Waals surface area contributed by atoms with Crippen molar-refractivity contribution in [1.82, 2.24) is 30.6 Å². The van der Waals surface area contributed by atoms with Crippen molar-refractivity contribution in [3.05, 3.63) is 66.6 Å². The Balaban J connectivity index is 1.29. The van der Waals surface area contributed by atoms with Crippen LogP contribution in [0.1, 0.15) is 5.56 Å². The number of benzene rings is 2. The van der Waals surface area contributed by atoms with Gasteiger partial charge in [0, 0.05) is 22.7 Å². The van der Waals surface area contributed by atoms with Crippen molar-refractivity contribution in [3.8, 4) is 11.4 Å². The lowest BCUT2D eigenvalue weighted by Gasteiger charge is -2.06. The highest BCUT2D eigenvalue weighted by molar-refractivity contribution is 5.99. The molecular weight excluding hydrogens is 346 g/mol. The van der Waals surface area contributed by atoms with Crippen LogP contribution in [-0.4, -0.2) is 43.9 Å². The van der Waals surface area contributed by atoms with Crippen LogP contribution in [0.15, 0.2) is 66.2 Å². The summed E-state index contributed by atoms with van der Waals surface area (Å²) in [5.74, 6) is 0.207. The number of carbonyl (C=O) groups is 1. The van der Waals surface area contributed by atoms with Gasteiger partial charge in [-0.15, -0.1) is 5.10 Å². The molecule has 2 aromatic heterocycles. The van der Waals surface area contributed by atoms with E-state index in [-0.39, 0.29) is 12.5 Å². The summed E-state index contributed by atoms with van der Waals surface area (Å²) in [6.07, 6.45) is 4.93. The van der Waals surface area contributed by atoms with E-state index in [1.54, 1.807) is 30.5 Å². The fraction of sp³-hybridized carbons (Fsp3) is 0.0556. The number of ether oxygens (including phenoxy) is 1. The molecule has 0 spiro atoms. The van der Waals surface area contributed by atoms with Crippen LogP contribution in [0.3, 0.4) is 0 Å². The summed E-state index contributed by atoms with van der Waals surface area (Å²) in [7, 11) is 0. The first-order valence-corrected chi connectivity index (χ1v) is 8.14. The highest BCUT2D eigenvalue weighted by atomic mass is 16.5. The Morgan fingerprint density at radius 3 is 2.89 bits per heavy atom. The third-order valence-electron chi connectivity index (χ3n) is 3.83. The number of H-pyrrole nitrogens is 1. The van der Waals surface area contributed by atoms with E-state index in [1.807, 2.05) is 30.5 Å². The van der Waals surface area contributed by atoms with Crippen LogP contribution in [0.4, 0.5) is 0 Å². The maximum atomic E-state index is 11.9. The molecule has 0 unspecified atom stereocenters. The van der Waals surface area contributed by atoms with E-state index >= 15 is 0 Å². The van der Waals surface area contributed by atoms with Gasteiger partial charge >= 0.3 is 0 Å². The van der Waals surface area contributed by atoms with Crippen LogP contribution < -0.4 is 10.2 Å². The minimum atomic E-state index is -0.351. The molecule has 0 aliphatic heterocycles. The van der Waals surface area contributed by atoms with Crippen LogP contribution >= 0.6 is 0 Å². The average molecular weight is 361 g/mol. The molecule has 0 saturated carbocycles. The fourth-order valence-corrected chi connectivity index (χ4v) is 2.53. The molecule has 0 bridgehead atoms. The second-order valence-corrected chi connectivity index (χ2v) is 5.62. The monoisotopic (exact) mass is 361 g/mol. The zero-order valence-corrected chi connectivity index (χ0v) is 14.1. The van der Waals surface area contributed by atoms with Gasteiger partial charge in [-0.3, -0.25) is 4.79 Å². The normalized spacial score (nSPS) is 11.1. The van der Waals surface area contributed by atoms with Crippen LogP contribution in [0.25, 0.3) is 16.6 Å². The maximum absolute atomic E-state index is 11.9. The van der Waals surface area contributed by atoms with Gasteiger partial charge in [0.05, 0.1) is 11.9 Å². The van der Waals surface area contributed by atoms with E-state index in [9.17, 15) is 4.79 Å². The molecular formula is C18H15N7O2. The van der Waals surface area contributed by atoms with Crippen LogP contribution in [0.5, 0.6) is 5.75 Å². The molecule has 4 aromatic rings. The number of amides is 1. The van der Waals surface area contributed by atoms with Gasteiger partial charge in [0.25, 0.3) is 5.91 Å². The zero-order chi connectivity index (χ0) is 18.5. The summed E-state index contributed by atoms with van der Waals surface area (Å²) in [6, 6.07) is 14.9. The Labute approximate surface area is 153 Å².